The zero-order valence-corrected chi connectivity index (χ0v) is 12.5. The molecule has 0 amide bonds. The van der Waals surface area contributed by atoms with Gasteiger partial charge in [0.05, 0.1) is 18.0 Å². The van der Waals surface area contributed by atoms with Gasteiger partial charge in [-0.1, -0.05) is 0 Å². The summed E-state index contributed by atoms with van der Waals surface area (Å²) in [7, 11) is -3.15. The second kappa shape index (κ2) is 4.96. The van der Waals surface area contributed by atoms with Crippen molar-refractivity contribution in [3.05, 3.63) is 18.6 Å². The van der Waals surface area contributed by atoms with Crippen LogP contribution in [0.25, 0.3) is 0 Å². The summed E-state index contributed by atoms with van der Waals surface area (Å²) in [5, 5.41) is 0. The number of nitrogens with zero attached hydrogens (tertiary/aromatic N) is 4. The maximum absolute atomic E-state index is 12.0. The number of anilines is 1. The third-order valence-electron chi connectivity index (χ3n) is 4.36. The lowest BCUT2D eigenvalue weighted by atomic mass is 9.87. The van der Waals surface area contributed by atoms with Gasteiger partial charge < -0.3 is 4.90 Å². The van der Waals surface area contributed by atoms with Crippen LogP contribution in [0.3, 0.4) is 0 Å². The first-order valence-electron chi connectivity index (χ1n) is 7.00. The molecule has 1 atom stereocenters. The van der Waals surface area contributed by atoms with Gasteiger partial charge >= 0.3 is 0 Å². The number of rotatable bonds is 2. The van der Waals surface area contributed by atoms with Crippen molar-refractivity contribution in [1.82, 2.24) is 14.3 Å². The SMILES string of the molecule is CS(=O)(=O)N1CCCC12CCCN(c1cnccn1)C2. The lowest BCUT2D eigenvalue weighted by Gasteiger charge is -2.45. The number of aromatic nitrogens is 2. The van der Waals surface area contributed by atoms with Crippen molar-refractivity contribution < 1.29 is 8.42 Å². The fraction of sp³-hybridized carbons (Fsp3) is 0.692. The molecule has 2 fully saturated rings. The van der Waals surface area contributed by atoms with E-state index in [0.717, 1.165) is 44.6 Å². The van der Waals surface area contributed by atoms with Gasteiger partial charge in [-0.2, -0.15) is 4.31 Å². The molecule has 2 aliphatic heterocycles. The molecule has 1 unspecified atom stereocenters. The third kappa shape index (κ3) is 2.40. The van der Waals surface area contributed by atoms with Crippen LogP contribution in [0, 0.1) is 0 Å². The van der Waals surface area contributed by atoms with Gasteiger partial charge in [0.2, 0.25) is 10.0 Å². The van der Waals surface area contributed by atoms with Crippen LogP contribution in [0.5, 0.6) is 0 Å². The molecule has 0 saturated carbocycles. The average Bonchev–Trinajstić information content (AvgIpc) is 2.83. The summed E-state index contributed by atoms with van der Waals surface area (Å²) >= 11 is 0. The summed E-state index contributed by atoms with van der Waals surface area (Å²) in [6.07, 6.45) is 10.2. The predicted molar refractivity (Wildman–Crippen MR) is 77.0 cm³/mol. The zero-order valence-electron chi connectivity index (χ0n) is 11.7. The molecule has 0 aromatic carbocycles. The highest BCUT2D eigenvalue weighted by molar-refractivity contribution is 7.88. The fourth-order valence-corrected chi connectivity index (χ4v) is 5.01. The molecule has 0 N–H and O–H groups in total. The molecule has 3 rings (SSSR count). The van der Waals surface area contributed by atoms with Crippen molar-refractivity contribution in [2.24, 2.45) is 0 Å². The molecule has 1 aromatic heterocycles. The molecular formula is C13H20N4O2S. The molecule has 0 radical (unpaired) electrons. The van der Waals surface area contributed by atoms with Gasteiger partial charge in [0, 0.05) is 32.0 Å². The van der Waals surface area contributed by atoms with E-state index in [1.54, 1.807) is 22.9 Å². The maximum atomic E-state index is 12.0. The van der Waals surface area contributed by atoms with Gasteiger partial charge in [-0.15, -0.1) is 0 Å². The summed E-state index contributed by atoms with van der Waals surface area (Å²) in [6.45, 7) is 2.28. The van der Waals surface area contributed by atoms with Gasteiger partial charge in [0.25, 0.3) is 0 Å². The van der Waals surface area contributed by atoms with Crippen LogP contribution < -0.4 is 4.90 Å². The summed E-state index contributed by atoms with van der Waals surface area (Å²) in [6, 6.07) is 0. The van der Waals surface area contributed by atoms with E-state index in [9.17, 15) is 8.42 Å². The third-order valence-corrected chi connectivity index (χ3v) is 5.73. The van der Waals surface area contributed by atoms with Crippen molar-refractivity contribution >= 4 is 15.8 Å². The molecule has 0 aliphatic carbocycles. The lowest BCUT2D eigenvalue weighted by molar-refractivity contribution is 0.204. The molecule has 20 heavy (non-hydrogen) atoms. The topological polar surface area (TPSA) is 66.4 Å². The normalized spacial score (nSPS) is 28.1. The van der Waals surface area contributed by atoms with Crippen LogP contribution in [-0.2, 0) is 10.0 Å². The van der Waals surface area contributed by atoms with Crippen molar-refractivity contribution in [1.29, 1.82) is 0 Å². The van der Waals surface area contributed by atoms with Gasteiger partial charge in [0.15, 0.2) is 0 Å². The van der Waals surface area contributed by atoms with E-state index in [1.165, 1.54) is 6.26 Å². The molecule has 1 spiro atoms. The Bertz CT molecular complexity index is 577. The van der Waals surface area contributed by atoms with Crippen molar-refractivity contribution in [2.75, 3.05) is 30.8 Å². The Morgan fingerprint density at radius 1 is 1.20 bits per heavy atom. The standard InChI is InChI=1S/C13H20N4O2S/c1-20(18,19)17-9-3-5-13(17)4-2-8-16(11-13)12-10-14-6-7-15-12/h6-7,10H,2-5,8-9,11H2,1H3. The number of hydrogen-bond acceptors (Lipinski definition) is 5. The summed E-state index contributed by atoms with van der Waals surface area (Å²) in [5.74, 6) is 0.840. The number of sulfonamides is 1. The van der Waals surface area contributed by atoms with Crippen LogP contribution in [0.1, 0.15) is 25.7 Å². The first-order valence-corrected chi connectivity index (χ1v) is 8.85. The molecular weight excluding hydrogens is 276 g/mol. The Morgan fingerprint density at radius 2 is 1.95 bits per heavy atom. The van der Waals surface area contributed by atoms with Gasteiger partial charge in [-0.3, -0.25) is 4.98 Å². The highest BCUT2D eigenvalue weighted by atomic mass is 32.2. The largest absolute Gasteiger partial charge is 0.353 e. The summed E-state index contributed by atoms with van der Waals surface area (Å²) < 4.78 is 25.8. The number of hydrogen-bond donors (Lipinski definition) is 0. The highest BCUT2D eigenvalue weighted by Crippen LogP contribution is 2.39. The van der Waals surface area contributed by atoms with E-state index in [1.807, 2.05) is 0 Å². The predicted octanol–water partition coefficient (Wildman–Crippen LogP) is 0.871. The zero-order chi connectivity index (χ0) is 14.2. The first kappa shape index (κ1) is 13.8. The van der Waals surface area contributed by atoms with E-state index in [-0.39, 0.29) is 5.54 Å². The van der Waals surface area contributed by atoms with Crippen LogP contribution in [0.4, 0.5) is 5.82 Å². The Morgan fingerprint density at radius 3 is 2.60 bits per heavy atom. The van der Waals surface area contributed by atoms with Crippen molar-refractivity contribution in [2.45, 2.75) is 31.2 Å². The summed E-state index contributed by atoms with van der Waals surface area (Å²) in [5.41, 5.74) is -0.247. The Hall–Kier alpha value is -1.21. The second-order valence-corrected chi connectivity index (χ2v) is 7.66. The van der Waals surface area contributed by atoms with Crippen LogP contribution in [0.15, 0.2) is 18.6 Å². The van der Waals surface area contributed by atoms with Crippen LogP contribution in [0.2, 0.25) is 0 Å². The average molecular weight is 296 g/mol. The monoisotopic (exact) mass is 296 g/mol. The molecule has 1 aromatic rings. The molecule has 2 saturated heterocycles. The molecule has 3 heterocycles. The minimum absolute atomic E-state index is 0.247. The number of piperidine rings is 1. The molecule has 6 nitrogen and oxygen atoms in total. The molecule has 0 bridgehead atoms. The lowest BCUT2D eigenvalue weighted by Crippen LogP contribution is -2.57. The maximum Gasteiger partial charge on any atom is 0.211 e. The van der Waals surface area contributed by atoms with E-state index in [0.29, 0.717) is 6.54 Å². The molecule has 7 heteroatoms. The van der Waals surface area contributed by atoms with E-state index in [4.69, 9.17) is 0 Å². The van der Waals surface area contributed by atoms with Gasteiger partial charge in [-0.25, -0.2) is 13.4 Å². The molecule has 110 valence electrons. The van der Waals surface area contributed by atoms with Crippen LogP contribution in [-0.4, -0.2) is 54.1 Å². The highest BCUT2D eigenvalue weighted by Gasteiger charge is 2.48. The Kier molecular flexibility index (Phi) is 3.41. The van der Waals surface area contributed by atoms with Gasteiger partial charge in [0.1, 0.15) is 5.82 Å². The van der Waals surface area contributed by atoms with Gasteiger partial charge in [-0.05, 0) is 25.7 Å². The molecule has 2 aliphatic rings. The van der Waals surface area contributed by atoms with E-state index < -0.39 is 10.0 Å². The van der Waals surface area contributed by atoms with Crippen LogP contribution >= 0.6 is 0 Å². The minimum Gasteiger partial charge on any atom is -0.353 e. The van der Waals surface area contributed by atoms with E-state index in [2.05, 4.69) is 14.9 Å². The Balaban J connectivity index is 1.88. The van der Waals surface area contributed by atoms with Crippen molar-refractivity contribution in [3.8, 4) is 0 Å². The minimum atomic E-state index is -3.15. The quantitative estimate of drug-likeness (QED) is 0.810. The summed E-state index contributed by atoms with van der Waals surface area (Å²) in [4.78, 5) is 10.6. The fourth-order valence-electron chi connectivity index (χ4n) is 3.60. The first-order chi connectivity index (χ1) is 9.51. The smallest absolute Gasteiger partial charge is 0.211 e. The Labute approximate surface area is 119 Å². The van der Waals surface area contributed by atoms with E-state index >= 15 is 0 Å². The van der Waals surface area contributed by atoms with Crippen molar-refractivity contribution in [3.63, 3.8) is 0 Å². The second-order valence-electron chi connectivity index (χ2n) is 5.75.